The van der Waals surface area contributed by atoms with Crippen LogP contribution in [-0.4, -0.2) is 44.7 Å². The number of primary amides is 1. The van der Waals surface area contributed by atoms with Crippen molar-refractivity contribution in [3.63, 3.8) is 0 Å². The second-order valence-corrected chi connectivity index (χ2v) is 7.62. The zero-order valence-corrected chi connectivity index (χ0v) is 17.9. The summed E-state index contributed by atoms with van der Waals surface area (Å²) in [5.74, 6) is 0.852. The van der Waals surface area contributed by atoms with E-state index in [0.29, 0.717) is 12.3 Å². The molecule has 2 aromatic carbocycles. The molecule has 1 aliphatic heterocycles. The third kappa shape index (κ3) is 6.29. The van der Waals surface area contributed by atoms with Gasteiger partial charge in [0, 0.05) is 32.7 Å². The summed E-state index contributed by atoms with van der Waals surface area (Å²) in [7, 11) is 1.76. The van der Waals surface area contributed by atoms with E-state index in [1.54, 1.807) is 13.1 Å². The van der Waals surface area contributed by atoms with Crippen molar-refractivity contribution >= 4 is 29.2 Å². The Labute approximate surface area is 182 Å². The minimum atomic E-state index is -0.499. The molecule has 7 nitrogen and oxygen atoms in total. The fourth-order valence-corrected chi connectivity index (χ4v) is 3.75. The molecule has 1 heterocycles. The summed E-state index contributed by atoms with van der Waals surface area (Å²) < 4.78 is 5.36. The van der Waals surface area contributed by atoms with Crippen molar-refractivity contribution in [3.8, 4) is 5.75 Å². The van der Waals surface area contributed by atoms with Crippen LogP contribution in [0.25, 0.3) is 0 Å². The van der Waals surface area contributed by atoms with E-state index in [0.717, 1.165) is 48.2 Å². The molecule has 4 N–H and O–H groups in total. The average Bonchev–Trinajstić information content (AvgIpc) is 2.76. The minimum Gasteiger partial charge on any atom is -0.484 e. The number of carbonyl (C=O) groups is 1. The van der Waals surface area contributed by atoms with Crippen LogP contribution < -0.4 is 26.0 Å². The van der Waals surface area contributed by atoms with Crippen LogP contribution in [0.1, 0.15) is 18.4 Å². The SMILES string of the molecule is CN=C(NCc1cccc(OCC(N)=O)c1)NC1CCCN(c2ccccc2Cl)C1. The van der Waals surface area contributed by atoms with Crippen LogP contribution in [0.5, 0.6) is 5.75 Å². The highest BCUT2D eigenvalue weighted by Gasteiger charge is 2.22. The number of para-hydroxylation sites is 1. The van der Waals surface area contributed by atoms with Gasteiger partial charge in [0.25, 0.3) is 5.91 Å². The molecule has 1 unspecified atom stereocenters. The molecule has 1 aliphatic rings. The highest BCUT2D eigenvalue weighted by Crippen LogP contribution is 2.27. The summed E-state index contributed by atoms with van der Waals surface area (Å²) in [5, 5.41) is 7.63. The number of hydrogen-bond donors (Lipinski definition) is 3. The van der Waals surface area contributed by atoms with Gasteiger partial charge in [0.05, 0.1) is 10.7 Å². The zero-order valence-electron chi connectivity index (χ0n) is 17.1. The molecule has 0 radical (unpaired) electrons. The molecule has 3 rings (SSSR count). The molecule has 1 amide bonds. The van der Waals surface area contributed by atoms with E-state index in [-0.39, 0.29) is 12.6 Å². The molecule has 0 saturated carbocycles. The Hall–Kier alpha value is -2.93. The lowest BCUT2D eigenvalue weighted by Gasteiger charge is -2.35. The molecule has 2 aromatic rings. The topological polar surface area (TPSA) is 92.0 Å². The summed E-state index contributed by atoms with van der Waals surface area (Å²) in [5.41, 5.74) is 7.21. The Morgan fingerprint density at radius 2 is 2.13 bits per heavy atom. The van der Waals surface area contributed by atoms with Crippen LogP contribution in [0.2, 0.25) is 5.02 Å². The summed E-state index contributed by atoms with van der Waals surface area (Å²) >= 11 is 6.37. The third-order valence-corrected chi connectivity index (χ3v) is 5.24. The molecular weight excluding hydrogens is 402 g/mol. The molecular formula is C22H28ClN5O2. The Balaban J connectivity index is 1.54. The van der Waals surface area contributed by atoms with Gasteiger partial charge in [0.1, 0.15) is 5.75 Å². The first kappa shape index (κ1) is 21.8. The Kier molecular flexibility index (Phi) is 7.79. The largest absolute Gasteiger partial charge is 0.484 e. The van der Waals surface area contributed by atoms with Crippen LogP contribution in [0.15, 0.2) is 53.5 Å². The lowest BCUT2D eigenvalue weighted by Crippen LogP contribution is -2.51. The van der Waals surface area contributed by atoms with E-state index in [1.807, 2.05) is 36.4 Å². The fourth-order valence-electron chi connectivity index (χ4n) is 3.50. The maximum absolute atomic E-state index is 10.9. The minimum absolute atomic E-state index is 0.135. The number of guanidine groups is 1. The first-order valence-electron chi connectivity index (χ1n) is 10.0. The quantitative estimate of drug-likeness (QED) is 0.464. The van der Waals surface area contributed by atoms with Crippen LogP contribution >= 0.6 is 11.6 Å². The predicted octanol–water partition coefficient (Wildman–Crippen LogP) is 2.54. The van der Waals surface area contributed by atoms with Gasteiger partial charge in [-0.05, 0) is 42.7 Å². The van der Waals surface area contributed by atoms with E-state index in [9.17, 15) is 4.79 Å². The summed E-state index contributed by atoms with van der Waals surface area (Å²) in [6.07, 6.45) is 2.15. The van der Waals surface area contributed by atoms with Gasteiger partial charge in [0.15, 0.2) is 12.6 Å². The number of nitrogens with two attached hydrogens (primary N) is 1. The number of aliphatic imine (C=N–C) groups is 1. The van der Waals surface area contributed by atoms with E-state index in [2.05, 4.69) is 26.6 Å². The maximum Gasteiger partial charge on any atom is 0.255 e. The van der Waals surface area contributed by atoms with E-state index >= 15 is 0 Å². The standard InChI is InChI=1S/C22H28ClN5O2/c1-25-22(26-13-16-6-4-8-18(12-16)30-15-21(24)29)27-17-7-5-11-28(14-17)20-10-3-2-9-19(20)23/h2-4,6,8-10,12,17H,5,7,11,13-15H2,1H3,(H2,24,29)(H2,25,26,27). The molecule has 1 atom stereocenters. The molecule has 0 aliphatic carbocycles. The number of hydrogen-bond acceptors (Lipinski definition) is 4. The fraction of sp³-hybridized carbons (Fsp3) is 0.364. The summed E-state index contributed by atoms with van der Waals surface area (Å²) in [4.78, 5) is 17.6. The second kappa shape index (κ2) is 10.7. The number of benzene rings is 2. The Bertz CT molecular complexity index is 889. The van der Waals surface area contributed by atoms with Crippen molar-refractivity contribution in [1.82, 2.24) is 10.6 Å². The molecule has 0 bridgehead atoms. The number of piperidine rings is 1. The van der Waals surface area contributed by atoms with Crippen molar-refractivity contribution in [2.45, 2.75) is 25.4 Å². The van der Waals surface area contributed by atoms with Crippen LogP contribution in [-0.2, 0) is 11.3 Å². The highest BCUT2D eigenvalue weighted by molar-refractivity contribution is 6.33. The van der Waals surface area contributed by atoms with E-state index < -0.39 is 5.91 Å². The predicted molar refractivity (Wildman–Crippen MR) is 121 cm³/mol. The molecule has 0 spiro atoms. The average molecular weight is 430 g/mol. The number of amides is 1. The number of rotatable bonds is 7. The van der Waals surface area contributed by atoms with Gasteiger partial charge in [-0.3, -0.25) is 9.79 Å². The molecule has 160 valence electrons. The number of carbonyl (C=O) groups excluding carboxylic acids is 1. The number of ether oxygens (including phenoxy) is 1. The third-order valence-electron chi connectivity index (χ3n) is 4.92. The number of anilines is 1. The molecule has 8 heteroatoms. The summed E-state index contributed by atoms with van der Waals surface area (Å²) in [6.45, 7) is 2.30. The van der Waals surface area contributed by atoms with Gasteiger partial charge in [-0.1, -0.05) is 35.9 Å². The Morgan fingerprint density at radius 1 is 1.30 bits per heavy atom. The van der Waals surface area contributed by atoms with Gasteiger partial charge in [0.2, 0.25) is 0 Å². The second-order valence-electron chi connectivity index (χ2n) is 7.21. The number of halogens is 1. The molecule has 1 fully saturated rings. The highest BCUT2D eigenvalue weighted by atomic mass is 35.5. The number of nitrogens with zero attached hydrogens (tertiary/aromatic N) is 2. The smallest absolute Gasteiger partial charge is 0.255 e. The molecule has 30 heavy (non-hydrogen) atoms. The van der Waals surface area contributed by atoms with Crippen molar-refractivity contribution in [2.75, 3.05) is 31.6 Å². The lowest BCUT2D eigenvalue weighted by atomic mass is 10.0. The monoisotopic (exact) mass is 429 g/mol. The first-order valence-corrected chi connectivity index (χ1v) is 10.4. The maximum atomic E-state index is 10.9. The Morgan fingerprint density at radius 3 is 2.90 bits per heavy atom. The lowest BCUT2D eigenvalue weighted by molar-refractivity contribution is -0.119. The first-order chi connectivity index (χ1) is 14.5. The van der Waals surface area contributed by atoms with Gasteiger partial charge in [-0.15, -0.1) is 0 Å². The van der Waals surface area contributed by atoms with Crippen LogP contribution in [0.4, 0.5) is 5.69 Å². The zero-order chi connectivity index (χ0) is 21.3. The van der Waals surface area contributed by atoms with Gasteiger partial charge in [-0.2, -0.15) is 0 Å². The van der Waals surface area contributed by atoms with Gasteiger partial charge in [-0.25, -0.2) is 0 Å². The summed E-state index contributed by atoms with van der Waals surface area (Å²) in [6, 6.07) is 15.8. The number of nitrogens with one attached hydrogen (secondary N) is 2. The molecule has 1 saturated heterocycles. The van der Waals surface area contributed by atoms with E-state index in [4.69, 9.17) is 22.1 Å². The van der Waals surface area contributed by atoms with Crippen LogP contribution in [0.3, 0.4) is 0 Å². The van der Waals surface area contributed by atoms with Crippen molar-refractivity contribution < 1.29 is 9.53 Å². The van der Waals surface area contributed by atoms with Crippen molar-refractivity contribution in [2.24, 2.45) is 10.7 Å². The van der Waals surface area contributed by atoms with E-state index in [1.165, 1.54) is 0 Å². The van der Waals surface area contributed by atoms with Gasteiger partial charge < -0.3 is 26.0 Å². The van der Waals surface area contributed by atoms with Crippen molar-refractivity contribution in [1.29, 1.82) is 0 Å². The molecule has 0 aromatic heterocycles. The van der Waals surface area contributed by atoms with Gasteiger partial charge >= 0.3 is 0 Å². The van der Waals surface area contributed by atoms with Crippen LogP contribution in [0, 0.1) is 0 Å². The normalized spacial score (nSPS) is 16.8. The van der Waals surface area contributed by atoms with Crippen molar-refractivity contribution in [3.05, 3.63) is 59.1 Å².